The summed E-state index contributed by atoms with van der Waals surface area (Å²) >= 11 is -0.296. The molecule has 0 spiro atoms. The van der Waals surface area contributed by atoms with Crippen LogP contribution in [0.3, 0.4) is 0 Å². The van der Waals surface area contributed by atoms with Crippen molar-refractivity contribution in [2.24, 2.45) is 0 Å². The van der Waals surface area contributed by atoms with E-state index in [4.69, 9.17) is 5.11 Å². The van der Waals surface area contributed by atoms with Gasteiger partial charge in [-0.15, -0.1) is 0 Å². The lowest BCUT2D eigenvalue weighted by molar-refractivity contribution is -0.0328. The van der Waals surface area contributed by atoms with Gasteiger partial charge in [-0.25, -0.2) is 9.48 Å². The molecular weight excluding hydrogens is 261 g/mol. The number of carbonyl (C=O) groups is 1. The Morgan fingerprint density at radius 2 is 2.12 bits per heavy atom. The second kappa shape index (κ2) is 5.21. The zero-order valence-corrected chi connectivity index (χ0v) is 9.09. The minimum atomic E-state index is -4.38. The summed E-state index contributed by atoms with van der Waals surface area (Å²) in [5.74, 6) is -1.75. The molecular formula is C8H7F3N2O3S. The van der Waals surface area contributed by atoms with E-state index in [1.54, 1.807) is 0 Å². The van der Waals surface area contributed by atoms with Gasteiger partial charge >= 0.3 is 11.5 Å². The average molecular weight is 268 g/mol. The number of aryl methyl sites for hydroxylation is 1. The predicted octanol–water partition coefficient (Wildman–Crippen LogP) is 1.19. The molecule has 0 unspecified atom stereocenters. The third kappa shape index (κ3) is 4.47. The molecule has 0 fully saturated rings. The Balaban J connectivity index is 2.74. The number of hydrogen-bond acceptors (Lipinski definition) is 4. The molecule has 0 aliphatic carbocycles. The normalized spacial score (nSPS) is 11.5. The number of nitrogens with zero attached hydrogens (tertiary/aromatic N) is 2. The van der Waals surface area contributed by atoms with Crippen molar-refractivity contribution in [3.8, 4) is 0 Å². The Morgan fingerprint density at radius 1 is 1.47 bits per heavy atom. The van der Waals surface area contributed by atoms with Gasteiger partial charge in [0.2, 0.25) is 0 Å². The molecule has 1 aromatic rings. The summed E-state index contributed by atoms with van der Waals surface area (Å²) in [6, 6.07) is 1.95. The average Bonchev–Trinajstić information content (AvgIpc) is 2.18. The first-order chi connectivity index (χ1) is 7.79. The first-order valence-corrected chi connectivity index (χ1v) is 5.30. The van der Waals surface area contributed by atoms with Gasteiger partial charge in [-0.05, 0) is 17.8 Å². The largest absolute Gasteiger partial charge is 0.476 e. The van der Waals surface area contributed by atoms with Crippen LogP contribution in [0.15, 0.2) is 16.9 Å². The van der Waals surface area contributed by atoms with Crippen LogP contribution in [0.4, 0.5) is 13.2 Å². The van der Waals surface area contributed by atoms with Crippen molar-refractivity contribution in [3.05, 3.63) is 28.2 Å². The summed E-state index contributed by atoms with van der Waals surface area (Å²) in [5.41, 5.74) is -5.41. The number of thioether (sulfide) groups is 1. The van der Waals surface area contributed by atoms with Crippen LogP contribution in [0.1, 0.15) is 10.5 Å². The van der Waals surface area contributed by atoms with Crippen LogP contribution in [0.5, 0.6) is 0 Å². The number of aromatic carboxylic acids is 1. The standard InChI is InChI=1S/C8H7F3N2O3S/c9-8(10,11)17-4-3-13-6(14)2-1-5(12-13)7(15)16/h1-2H,3-4H2,(H,15,16). The molecule has 1 rings (SSSR count). The van der Waals surface area contributed by atoms with Crippen molar-refractivity contribution < 1.29 is 23.1 Å². The molecule has 0 aromatic carbocycles. The molecule has 94 valence electrons. The minimum Gasteiger partial charge on any atom is -0.476 e. The molecule has 1 aromatic heterocycles. The fourth-order valence-corrected chi connectivity index (χ4v) is 1.47. The lowest BCUT2D eigenvalue weighted by atomic mass is 10.4. The molecule has 0 aliphatic rings. The van der Waals surface area contributed by atoms with E-state index in [-0.39, 0.29) is 24.0 Å². The lowest BCUT2D eigenvalue weighted by Gasteiger charge is -2.06. The molecule has 0 saturated heterocycles. The molecule has 0 atom stereocenters. The van der Waals surface area contributed by atoms with Crippen molar-refractivity contribution >= 4 is 17.7 Å². The summed E-state index contributed by atoms with van der Waals surface area (Å²) in [5, 5.41) is 12.0. The summed E-state index contributed by atoms with van der Waals surface area (Å²) in [7, 11) is 0. The molecule has 1 N–H and O–H groups in total. The number of hydrogen-bond donors (Lipinski definition) is 1. The van der Waals surface area contributed by atoms with Crippen molar-refractivity contribution in [3.63, 3.8) is 0 Å². The maximum Gasteiger partial charge on any atom is 0.441 e. The first-order valence-electron chi connectivity index (χ1n) is 4.32. The van der Waals surface area contributed by atoms with Crippen molar-refractivity contribution in [1.29, 1.82) is 0 Å². The molecule has 0 radical (unpaired) electrons. The lowest BCUT2D eigenvalue weighted by Crippen LogP contribution is -2.25. The summed E-state index contributed by atoms with van der Waals surface area (Å²) in [6.45, 7) is -0.301. The topological polar surface area (TPSA) is 72.2 Å². The Hall–Kier alpha value is -1.51. The van der Waals surface area contributed by atoms with Crippen molar-refractivity contribution in [2.45, 2.75) is 12.1 Å². The predicted molar refractivity (Wildman–Crippen MR) is 54.0 cm³/mol. The molecule has 0 saturated carbocycles. The van der Waals surface area contributed by atoms with Gasteiger partial charge in [-0.2, -0.15) is 18.3 Å². The molecule has 17 heavy (non-hydrogen) atoms. The van der Waals surface area contributed by atoms with Crippen molar-refractivity contribution in [1.82, 2.24) is 9.78 Å². The number of carboxylic acids is 1. The first kappa shape index (κ1) is 13.6. The van der Waals surface area contributed by atoms with Gasteiger partial charge in [0.05, 0.1) is 6.54 Å². The van der Waals surface area contributed by atoms with Crippen LogP contribution in [-0.4, -0.2) is 32.1 Å². The monoisotopic (exact) mass is 268 g/mol. The number of carboxylic acid groups (broad SMARTS) is 1. The van der Waals surface area contributed by atoms with Crippen LogP contribution < -0.4 is 5.56 Å². The zero-order valence-electron chi connectivity index (χ0n) is 8.27. The van der Waals surface area contributed by atoms with E-state index >= 15 is 0 Å². The zero-order chi connectivity index (χ0) is 13.1. The van der Waals surface area contributed by atoms with Gasteiger partial charge in [-0.3, -0.25) is 4.79 Å². The number of rotatable bonds is 4. The highest BCUT2D eigenvalue weighted by Crippen LogP contribution is 2.29. The molecule has 5 nitrogen and oxygen atoms in total. The van der Waals surface area contributed by atoms with E-state index in [1.807, 2.05) is 0 Å². The Kier molecular flexibility index (Phi) is 4.16. The second-order valence-corrected chi connectivity index (χ2v) is 4.04. The maximum atomic E-state index is 11.8. The fourth-order valence-electron chi connectivity index (χ4n) is 0.971. The summed E-state index contributed by atoms with van der Waals surface area (Å²) in [4.78, 5) is 21.7. The molecule has 1 heterocycles. The van der Waals surface area contributed by atoms with Gasteiger partial charge in [0.1, 0.15) is 0 Å². The second-order valence-electron chi connectivity index (χ2n) is 2.88. The number of alkyl halides is 3. The highest BCUT2D eigenvalue weighted by atomic mass is 32.2. The van der Waals surface area contributed by atoms with Crippen LogP contribution in [0, 0.1) is 0 Å². The Labute approximate surface area is 97.2 Å². The van der Waals surface area contributed by atoms with Gasteiger partial charge in [0, 0.05) is 11.8 Å². The van der Waals surface area contributed by atoms with E-state index in [2.05, 4.69) is 5.10 Å². The summed E-state index contributed by atoms with van der Waals surface area (Å²) in [6.07, 6.45) is 0. The van der Waals surface area contributed by atoms with Gasteiger partial charge in [0.15, 0.2) is 5.69 Å². The van der Waals surface area contributed by atoms with Crippen LogP contribution in [0.25, 0.3) is 0 Å². The quantitative estimate of drug-likeness (QED) is 0.888. The van der Waals surface area contributed by atoms with Gasteiger partial charge < -0.3 is 5.11 Å². The van der Waals surface area contributed by atoms with E-state index in [9.17, 15) is 22.8 Å². The molecule has 0 amide bonds. The highest BCUT2D eigenvalue weighted by molar-refractivity contribution is 8.00. The SMILES string of the molecule is O=C(O)c1ccc(=O)n(CCSC(F)(F)F)n1. The number of aromatic nitrogens is 2. The van der Waals surface area contributed by atoms with Gasteiger partial charge in [0.25, 0.3) is 5.56 Å². The van der Waals surface area contributed by atoms with E-state index in [0.717, 1.165) is 12.1 Å². The van der Waals surface area contributed by atoms with Crippen LogP contribution in [0.2, 0.25) is 0 Å². The van der Waals surface area contributed by atoms with Crippen LogP contribution in [-0.2, 0) is 6.54 Å². The molecule has 0 bridgehead atoms. The van der Waals surface area contributed by atoms with E-state index < -0.39 is 22.8 Å². The van der Waals surface area contributed by atoms with Crippen LogP contribution >= 0.6 is 11.8 Å². The fraction of sp³-hybridized carbons (Fsp3) is 0.375. The summed E-state index contributed by atoms with van der Waals surface area (Å²) < 4.78 is 36.2. The van der Waals surface area contributed by atoms with Crippen molar-refractivity contribution in [2.75, 3.05) is 5.75 Å². The smallest absolute Gasteiger partial charge is 0.441 e. The van der Waals surface area contributed by atoms with Gasteiger partial charge in [-0.1, -0.05) is 0 Å². The number of halogens is 3. The van der Waals surface area contributed by atoms with E-state index in [0.29, 0.717) is 4.68 Å². The maximum absolute atomic E-state index is 11.8. The minimum absolute atomic E-state index is 0.296. The third-order valence-electron chi connectivity index (χ3n) is 1.65. The Morgan fingerprint density at radius 3 is 2.65 bits per heavy atom. The Bertz CT molecular complexity index is 472. The van der Waals surface area contributed by atoms with E-state index in [1.165, 1.54) is 0 Å². The molecule has 9 heteroatoms. The molecule has 0 aliphatic heterocycles. The highest BCUT2D eigenvalue weighted by Gasteiger charge is 2.27. The third-order valence-corrected chi connectivity index (χ3v) is 2.37.